The molecule has 1 aliphatic rings. The molecule has 16 heavy (non-hydrogen) atoms. The highest BCUT2D eigenvalue weighted by atomic mass is 14.1. The van der Waals surface area contributed by atoms with E-state index >= 15 is 0 Å². The van der Waals surface area contributed by atoms with Gasteiger partial charge in [-0.15, -0.1) is 0 Å². The molecule has 0 aliphatic heterocycles. The van der Waals surface area contributed by atoms with Crippen molar-refractivity contribution in [2.75, 3.05) is 0 Å². The van der Waals surface area contributed by atoms with Gasteiger partial charge in [-0.2, -0.15) is 0 Å². The second-order valence-corrected chi connectivity index (χ2v) is 3.23. The van der Waals surface area contributed by atoms with Crippen molar-refractivity contribution in [3.05, 3.63) is 47.6 Å². The minimum atomic E-state index is 1.14. The summed E-state index contributed by atoms with van der Waals surface area (Å²) in [7, 11) is 0. The third-order valence-corrected chi connectivity index (χ3v) is 2.14. The van der Waals surface area contributed by atoms with Gasteiger partial charge in [-0.3, -0.25) is 0 Å². The van der Waals surface area contributed by atoms with E-state index in [9.17, 15) is 0 Å². The van der Waals surface area contributed by atoms with Crippen molar-refractivity contribution in [3.63, 3.8) is 0 Å². The SMILES string of the molecule is C=C(/C=C\C)C1=CC=C(C)CC1.CC.CC. The van der Waals surface area contributed by atoms with Crippen LogP contribution in [0.5, 0.6) is 0 Å². The average molecular weight is 220 g/mol. The van der Waals surface area contributed by atoms with Gasteiger partial charge in [-0.1, -0.05) is 64.2 Å². The lowest BCUT2D eigenvalue weighted by molar-refractivity contribution is 0.919. The summed E-state index contributed by atoms with van der Waals surface area (Å²) >= 11 is 0. The van der Waals surface area contributed by atoms with E-state index < -0.39 is 0 Å². The van der Waals surface area contributed by atoms with Crippen molar-refractivity contribution >= 4 is 0 Å². The molecule has 0 heteroatoms. The van der Waals surface area contributed by atoms with Gasteiger partial charge in [0.25, 0.3) is 0 Å². The molecule has 0 aromatic heterocycles. The van der Waals surface area contributed by atoms with Crippen molar-refractivity contribution in [3.8, 4) is 0 Å². The molecule has 0 saturated heterocycles. The number of rotatable bonds is 2. The first-order valence-corrected chi connectivity index (χ1v) is 6.42. The van der Waals surface area contributed by atoms with Crippen LogP contribution in [0.25, 0.3) is 0 Å². The zero-order valence-corrected chi connectivity index (χ0v) is 11.9. The number of hydrogen-bond donors (Lipinski definition) is 0. The maximum atomic E-state index is 4.01. The van der Waals surface area contributed by atoms with E-state index in [2.05, 4.69) is 31.7 Å². The quantitative estimate of drug-likeness (QED) is 0.513. The van der Waals surface area contributed by atoms with Crippen LogP contribution in [0.15, 0.2) is 47.6 Å². The van der Waals surface area contributed by atoms with Crippen LogP contribution in [0.3, 0.4) is 0 Å². The monoisotopic (exact) mass is 220 g/mol. The van der Waals surface area contributed by atoms with Gasteiger partial charge < -0.3 is 0 Å². The molecule has 0 atom stereocenters. The minimum Gasteiger partial charge on any atom is -0.0915 e. The van der Waals surface area contributed by atoms with Crippen LogP contribution in [-0.2, 0) is 0 Å². The normalized spacial score (nSPS) is 13.9. The molecule has 0 fully saturated rings. The lowest BCUT2D eigenvalue weighted by atomic mass is 9.94. The highest BCUT2D eigenvalue weighted by molar-refractivity contribution is 5.41. The van der Waals surface area contributed by atoms with E-state index in [4.69, 9.17) is 0 Å². The third-order valence-electron chi connectivity index (χ3n) is 2.14. The van der Waals surface area contributed by atoms with Gasteiger partial charge in [0, 0.05) is 0 Å². The van der Waals surface area contributed by atoms with Crippen LogP contribution < -0.4 is 0 Å². The molecule has 92 valence electrons. The topological polar surface area (TPSA) is 0 Å². The largest absolute Gasteiger partial charge is 0.0915 e. The average Bonchev–Trinajstić information content (AvgIpc) is 2.35. The first-order chi connectivity index (χ1) is 7.74. The van der Waals surface area contributed by atoms with Gasteiger partial charge in [0.15, 0.2) is 0 Å². The van der Waals surface area contributed by atoms with Crippen molar-refractivity contribution < 1.29 is 0 Å². The van der Waals surface area contributed by atoms with Gasteiger partial charge in [0.1, 0.15) is 0 Å². The first kappa shape index (κ1) is 17.4. The van der Waals surface area contributed by atoms with Crippen LogP contribution in [0.2, 0.25) is 0 Å². The van der Waals surface area contributed by atoms with Crippen molar-refractivity contribution in [2.24, 2.45) is 0 Å². The fourth-order valence-electron chi connectivity index (χ4n) is 1.32. The molecule has 0 unspecified atom stereocenters. The lowest BCUT2D eigenvalue weighted by Gasteiger charge is -2.11. The number of hydrogen-bond acceptors (Lipinski definition) is 0. The molecule has 0 heterocycles. The zero-order chi connectivity index (χ0) is 13.0. The molecular weight excluding hydrogens is 192 g/mol. The minimum absolute atomic E-state index is 1.14. The standard InChI is InChI=1S/C12H16.2C2H6/c1-4-5-11(3)12-8-6-10(2)7-9-12;2*1-2/h4-6,8H,3,7,9H2,1-2H3;2*1-2H3/b5-4-;;. The van der Waals surface area contributed by atoms with Gasteiger partial charge in [-0.25, -0.2) is 0 Å². The Morgan fingerprint density at radius 2 is 1.69 bits per heavy atom. The maximum Gasteiger partial charge on any atom is -0.0236 e. The van der Waals surface area contributed by atoms with Gasteiger partial charge >= 0.3 is 0 Å². The predicted molar refractivity (Wildman–Crippen MR) is 77.7 cm³/mol. The Labute approximate surface area is 102 Å². The lowest BCUT2D eigenvalue weighted by Crippen LogP contribution is -1.92. The summed E-state index contributed by atoms with van der Waals surface area (Å²) in [6.07, 6.45) is 10.8. The number of allylic oxidation sites excluding steroid dienone is 7. The molecule has 0 amide bonds. The molecule has 0 aromatic rings. The van der Waals surface area contributed by atoms with E-state index in [1.165, 1.54) is 17.6 Å². The summed E-state index contributed by atoms with van der Waals surface area (Å²) in [4.78, 5) is 0. The Kier molecular flexibility index (Phi) is 13.1. The Morgan fingerprint density at radius 1 is 1.12 bits per heavy atom. The fourth-order valence-corrected chi connectivity index (χ4v) is 1.32. The van der Waals surface area contributed by atoms with E-state index in [0.29, 0.717) is 0 Å². The Bertz CT molecular complexity index is 262. The van der Waals surface area contributed by atoms with Crippen LogP contribution in [0.1, 0.15) is 54.4 Å². The van der Waals surface area contributed by atoms with Crippen LogP contribution in [0.4, 0.5) is 0 Å². The molecule has 0 N–H and O–H groups in total. The summed E-state index contributed by atoms with van der Waals surface area (Å²) in [5, 5.41) is 0. The maximum absolute atomic E-state index is 4.01. The molecule has 0 bridgehead atoms. The van der Waals surface area contributed by atoms with Crippen molar-refractivity contribution in [2.45, 2.75) is 54.4 Å². The van der Waals surface area contributed by atoms with Crippen LogP contribution >= 0.6 is 0 Å². The van der Waals surface area contributed by atoms with Crippen LogP contribution in [0, 0.1) is 0 Å². The van der Waals surface area contributed by atoms with Crippen molar-refractivity contribution in [1.29, 1.82) is 0 Å². The Hall–Kier alpha value is -1.04. The summed E-state index contributed by atoms with van der Waals surface area (Å²) in [5.74, 6) is 0. The van der Waals surface area contributed by atoms with E-state index in [1.54, 1.807) is 0 Å². The summed E-state index contributed by atoms with van der Waals surface area (Å²) in [6.45, 7) is 16.2. The van der Waals surface area contributed by atoms with Crippen LogP contribution in [-0.4, -0.2) is 0 Å². The second kappa shape index (κ2) is 12.0. The zero-order valence-electron chi connectivity index (χ0n) is 11.9. The highest BCUT2D eigenvalue weighted by Crippen LogP contribution is 2.23. The summed E-state index contributed by atoms with van der Waals surface area (Å²) in [6, 6.07) is 0. The Morgan fingerprint density at radius 3 is 2.06 bits per heavy atom. The molecule has 0 radical (unpaired) electrons. The predicted octanol–water partition coefficient (Wildman–Crippen LogP) is 5.84. The molecule has 1 rings (SSSR count). The summed E-state index contributed by atoms with van der Waals surface area (Å²) in [5.41, 5.74) is 3.99. The highest BCUT2D eigenvalue weighted by Gasteiger charge is 2.03. The smallest absolute Gasteiger partial charge is 0.0236 e. The molecule has 0 spiro atoms. The van der Waals surface area contributed by atoms with E-state index in [-0.39, 0.29) is 0 Å². The molecular formula is C16H28. The van der Waals surface area contributed by atoms with E-state index in [1.807, 2.05) is 40.7 Å². The second-order valence-electron chi connectivity index (χ2n) is 3.23. The van der Waals surface area contributed by atoms with E-state index in [0.717, 1.165) is 12.0 Å². The molecule has 0 aromatic carbocycles. The Balaban J connectivity index is 0. The molecule has 0 nitrogen and oxygen atoms in total. The third kappa shape index (κ3) is 7.28. The fraction of sp³-hybridized carbons (Fsp3) is 0.500. The first-order valence-electron chi connectivity index (χ1n) is 6.42. The van der Waals surface area contributed by atoms with Gasteiger partial charge in [0.05, 0.1) is 0 Å². The molecule has 0 saturated carbocycles. The van der Waals surface area contributed by atoms with Gasteiger partial charge in [-0.05, 0) is 37.8 Å². The summed E-state index contributed by atoms with van der Waals surface area (Å²) < 4.78 is 0. The molecule has 1 aliphatic carbocycles. The van der Waals surface area contributed by atoms with Gasteiger partial charge in [0.2, 0.25) is 0 Å². The van der Waals surface area contributed by atoms with Crippen molar-refractivity contribution in [1.82, 2.24) is 0 Å².